The molecule has 0 radical (unpaired) electrons. The van der Waals surface area contributed by atoms with Crippen molar-refractivity contribution in [3.05, 3.63) is 34.5 Å². The van der Waals surface area contributed by atoms with E-state index in [0.29, 0.717) is 0 Å². The fourth-order valence-electron chi connectivity index (χ4n) is 3.25. The van der Waals surface area contributed by atoms with Gasteiger partial charge in [-0.3, -0.25) is 15.6 Å². The number of carbonyl (C=O) groups is 1. The molecule has 1 fully saturated rings. The number of nitrogens with one attached hydrogen (secondary N) is 2. The van der Waals surface area contributed by atoms with Crippen molar-refractivity contribution in [2.45, 2.75) is 33.6 Å². The van der Waals surface area contributed by atoms with Crippen LogP contribution >= 0.6 is 11.3 Å². The van der Waals surface area contributed by atoms with Crippen LogP contribution < -0.4 is 15.8 Å². The topological polar surface area (TPSA) is 66.5 Å². The molecule has 3 rings (SSSR count). The Morgan fingerprint density at radius 2 is 2.16 bits per heavy atom. The Kier molecular flexibility index (Phi) is 5.44. The second-order valence-electron chi connectivity index (χ2n) is 7.33. The van der Waals surface area contributed by atoms with Crippen molar-refractivity contribution in [2.75, 3.05) is 31.2 Å². The molecule has 7 heteroatoms. The summed E-state index contributed by atoms with van der Waals surface area (Å²) in [6.45, 7) is 9.67. The summed E-state index contributed by atoms with van der Waals surface area (Å²) in [6, 6.07) is 0. The van der Waals surface area contributed by atoms with Gasteiger partial charge in [0, 0.05) is 18.5 Å². The molecule has 0 atom stereocenters. The van der Waals surface area contributed by atoms with E-state index < -0.39 is 0 Å². The first kappa shape index (κ1) is 17.9. The predicted octanol–water partition coefficient (Wildman–Crippen LogP) is 2.40. The maximum atomic E-state index is 12.2. The lowest BCUT2D eigenvalue weighted by Gasteiger charge is -2.27. The molecule has 1 aromatic rings. The van der Waals surface area contributed by atoms with Crippen LogP contribution in [-0.4, -0.2) is 37.2 Å². The van der Waals surface area contributed by atoms with E-state index >= 15 is 0 Å². The zero-order valence-electron chi connectivity index (χ0n) is 15.1. The molecule has 2 aliphatic rings. The summed E-state index contributed by atoms with van der Waals surface area (Å²) in [5.74, 6) is -0.0887. The third-order valence-electron chi connectivity index (χ3n) is 4.19. The smallest absolute Gasteiger partial charge is 0.244 e. The number of nitrogens with zero attached hydrogens (tertiary/aromatic N) is 2. The van der Waals surface area contributed by atoms with Gasteiger partial charge in [0.1, 0.15) is 0 Å². The summed E-state index contributed by atoms with van der Waals surface area (Å²) in [7, 11) is 0. The molecule has 1 aliphatic carbocycles. The number of rotatable bonds is 5. The first-order chi connectivity index (χ1) is 11.9. The predicted molar refractivity (Wildman–Crippen MR) is 100 cm³/mol. The molecule has 0 spiro atoms. The van der Waals surface area contributed by atoms with E-state index in [4.69, 9.17) is 4.74 Å². The molecule has 2 heterocycles. The van der Waals surface area contributed by atoms with Gasteiger partial charge in [-0.25, -0.2) is 4.98 Å². The van der Waals surface area contributed by atoms with Gasteiger partial charge < -0.3 is 9.64 Å². The van der Waals surface area contributed by atoms with E-state index in [0.717, 1.165) is 49.2 Å². The molecule has 1 amide bonds. The van der Waals surface area contributed by atoms with E-state index in [9.17, 15) is 4.79 Å². The molecule has 1 aromatic heterocycles. The second-order valence-corrected chi connectivity index (χ2v) is 8.16. The number of ether oxygens (including phenoxy) is 1. The van der Waals surface area contributed by atoms with Crippen LogP contribution in [0.3, 0.4) is 0 Å². The number of aromatic nitrogens is 1. The lowest BCUT2D eigenvalue weighted by molar-refractivity contribution is -0.121. The van der Waals surface area contributed by atoms with Crippen molar-refractivity contribution in [2.24, 2.45) is 5.41 Å². The number of hydrogen-bond acceptors (Lipinski definition) is 6. The van der Waals surface area contributed by atoms with Crippen molar-refractivity contribution < 1.29 is 9.53 Å². The molecular formula is C18H26N4O2S. The van der Waals surface area contributed by atoms with Crippen molar-refractivity contribution in [3.63, 3.8) is 0 Å². The third-order valence-corrected chi connectivity index (χ3v) is 5.14. The van der Waals surface area contributed by atoms with E-state index in [1.807, 2.05) is 5.38 Å². The van der Waals surface area contributed by atoms with Gasteiger partial charge in [-0.05, 0) is 24.8 Å². The lowest BCUT2D eigenvalue weighted by Crippen LogP contribution is -2.38. The molecule has 0 aromatic carbocycles. The number of hydrogen-bond donors (Lipinski definition) is 2. The number of amides is 1. The summed E-state index contributed by atoms with van der Waals surface area (Å²) in [4.78, 5) is 19.0. The molecule has 0 bridgehead atoms. The Hall–Kier alpha value is -1.86. The minimum atomic E-state index is -0.0887. The van der Waals surface area contributed by atoms with Crippen LogP contribution in [0.25, 0.3) is 0 Å². The molecule has 1 aliphatic heterocycles. The van der Waals surface area contributed by atoms with Gasteiger partial charge in [0.2, 0.25) is 5.91 Å². The van der Waals surface area contributed by atoms with Gasteiger partial charge in [0.15, 0.2) is 5.13 Å². The van der Waals surface area contributed by atoms with Crippen LogP contribution in [0.15, 0.2) is 28.8 Å². The first-order valence-electron chi connectivity index (χ1n) is 8.63. The van der Waals surface area contributed by atoms with Crippen molar-refractivity contribution in [3.8, 4) is 0 Å². The fraction of sp³-hybridized carbons (Fsp3) is 0.556. The van der Waals surface area contributed by atoms with Gasteiger partial charge in [-0.1, -0.05) is 25.5 Å². The van der Waals surface area contributed by atoms with Gasteiger partial charge in [-0.15, -0.1) is 11.3 Å². The highest BCUT2D eigenvalue weighted by molar-refractivity contribution is 7.13. The number of anilines is 1. The highest BCUT2D eigenvalue weighted by atomic mass is 32.1. The number of hydrazine groups is 1. The molecular weight excluding hydrogens is 336 g/mol. The van der Waals surface area contributed by atoms with E-state index in [1.54, 1.807) is 11.3 Å². The molecule has 6 nitrogen and oxygen atoms in total. The highest BCUT2D eigenvalue weighted by Crippen LogP contribution is 2.31. The SMILES string of the molecule is CC1=CC(NNC(=O)Cc2csc(N3CCOCC3)n2)=CC(C)(C)C1. The van der Waals surface area contributed by atoms with Gasteiger partial charge in [0.25, 0.3) is 0 Å². The molecule has 1 saturated heterocycles. The molecule has 0 unspecified atom stereocenters. The van der Waals surface area contributed by atoms with Crippen LogP contribution in [0.4, 0.5) is 5.13 Å². The lowest BCUT2D eigenvalue weighted by atomic mass is 9.81. The van der Waals surface area contributed by atoms with Crippen LogP contribution in [0.2, 0.25) is 0 Å². The maximum absolute atomic E-state index is 12.2. The van der Waals surface area contributed by atoms with Crippen LogP contribution in [0.1, 0.15) is 32.9 Å². The largest absolute Gasteiger partial charge is 0.378 e. The van der Waals surface area contributed by atoms with E-state index in [2.05, 4.69) is 53.7 Å². The molecule has 136 valence electrons. The maximum Gasteiger partial charge on any atom is 0.244 e. The minimum Gasteiger partial charge on any atom is -0.378 e. The van der Waals surface area contributed by atoms with E-state index in [1.165, 1.54) is 5.57 Å². The average molecular weight is 362 g/mol. The normalized spacial score (nSPS) is 19.9. The van der Waals surface area contributed by atoms with E-state index in [-0.39, 0.29) is 17.7 Å². The van der Waals surface area contributed by atoms with Crippen LogP contribution in [0.5, 0.6) is 0 Å². The monoisotopic (exact) mass is 362 g/mol. The zero-order chi connectivity index (χ0) is 17.9. The van der Waals surface area contributed by atoms with Crippen LogP contribution in [-0.2, 0) is 16.0 Å². The fourth-order valence-corrected chi connectivity index (χ4v) is 4.13. The average Bonchev–Trinajstić information content (AvgIpc) is 3.00. The molecule has 0 saturated carbocycles. The summed E-state index contributed by atoms with van der Waals surface area (Å²) < 4.78 is 5.36. The number of morpholine rings is 1. The van der Waals surface area contributed by atoms with Crippen molar-refractivity contribution in [1.82, 2.24) is 15.8 Å². The quantitative estimate of drug-likeness (QED) is 0.788. The standard InChI is InChI=1S/C18H26N4O2S/c1-13-8-14(11-18(2,3)10-13)20-21-16(23)9-15-12-25-17(19-15)22-4-6-24-7-5-22/h8,11-12,20H,4-7,9-10H2,1-3H3,(H,21,23). The Bertz CT molecular complexity index is 687. The highest BCUT2D eigenvalue weighted by Gasteiger charge is 2.20. The van der Waals surface area contributed by atoms with Crippen molar-refractivity contribution in [1.29, 1.82) is 0 Å². The number of thiazole rings is 1. The second kappa shape index (κ2) is 7.58. The summed E-state index contributed by atoms with van der Waals surface area (Å²) >= 11 is 1.58. The van der Waals surface area contributed by atoms with Gasteiger partial charge in [0.05, 0.1) is 31.0 Å². The van der Waals surface area contributed by atoms with Gasteiger partial charge in [-0.2, -0.15) is 0 Å². The number of allylic oxidation sites excluding steroid dienone is 3. The Balaban J connectivity index is 1.51. The van der Waals surface area contributed by atoms with Gasteiger partial charge >= 0.3 is 0 Å². The molecule has 2 N–H and O–H groups in total. The first-order valence-corrected chi connectivity index (χ1v) is 9.51. The van der Waals surface area contributed by atoms with Crippen molar-refractivity contribution >= 4 is 22.4 Å². The Morgan fingerprint density at radius 3 is 2.88 bits per heavy atom. The number of carbonyl (C=O) groups excluding carboxylic acids is 1. The summed E-state index contributed by atoms with van der Waals surface area (Å²) in [5.41, 5.74) is 8.96. The summed E-state index contributed by atoms with van der Waals surface area (Å²) in [6.07, 6.45) is 5.53. The summed E-state index contributed by atoms with van der Waals surface area (Å²) in [5, 5.41) is 2.92. The molecule has 25 heavy (non-hydrogen) atoms. The third kappa shape index (κ3) is 5.06. The minimum absolute atomic E-state index is 0.0887. The zero-order valence-corrected chi connectivity index (χ0v) is 15.9. The Morgan fingerprint density at radius 1 is 1.40 bits per heavy atom. The Labute approximate surface area is 152 Å². The van der Waals surface area contributed by atoms with Crippen LogP contribution in [0, 0.1) is 5.41 Å².